The van der Waals surface area contributed by atoms with Crippen LogP contribution in [0, 0.1) is 15.9 Å². The summed E-state index contributed by atoms with van der Waals surface area (Å²) in [4.78, 5) is 22.1. The van der Waals surface area contributed by atoms with Gasteiger partial charge in [-0.25, -0.2) is 4.79 Å². The van der Waals surface area contributed by atoms with Crippen LogP contribution in [0.25, 0.3) is 11.0 Å². The number of nitro benzene ring substituents is 1. The number of aliphatic hydroxyl groups is 1. The van der Waals surface area contributed by atoms with Crippen LogP contribution >= 0.6 is 0 Å². The van der Waals surface area contributed by atoms with E-state index in [1.165, 1.54) is 16.2 Å². The van der Waals surface area contributed by atoms with Crippen molar-refractivity contribution < 1.29 is 14.4 Å². The Labute approximate surface area is 119 Å². The third kappa shape index (κ3) is 2.80. The summed E-state index contributed by atoms with van der Waals surface area (Å²) in [5.74, 6) is -0.984. The molecule has 0 aliphatic carbocycles. The Kier molecular flexibility index (Phi) is 3.58. The fraction of sp³-hybridized carbons (Fsp3) is 0.462. The second-order valence-electron chi connectivity index (χ2n) is 5.61. The molecule has 0 saturated heterocycles. The summed E-state index contributed by atoms with van der Waals surface area (Å²) in [6.07, 6.45) is 0.289. The standard InChI is InChI=1S/C13H16FN3O4/c1-13(2,19)4-5-16-11-7-9(17(20)21)8(14)6-10(11)15(3)12(16)18/h6-7,19H,4-5H2,1-3H3. The molecule has 21 heavy (non-hydrogen) atoms. The van der Waals surface area contributed by atoms with Crippen molar-refractivity contribution in [3.8, 4) is 0 Å². The van der Waals surface area contributed by atoms with Crippen molar-refractivity contribution in [2.45, 2.75) is 32.4 Å². The minimum atomic E-state index is -0.984. The maximum absolute atomic E-state index is 13.7. The summed E-state index contributed by atoms with van der Waals surface area (Å²) in [6, 6.07) is 2.03. The molecule has 0 unspecified atom stereocenters. The molecule has 1 aromatic carbocycles. The van der Waals surface area contributed by atoms with Gasteiger partial charge in [0.15, 0.2) is 0 Å². The zero-order valence-corrected chi connectivity index (χ0v) is 12.0. The molecule has 0 spiro atoms. The maximum atomic E-state index is 13.7. The van der Waals surface area contributed by atoms with Gasteiger partial charge in [0.1, 0.15) is 0 Å². The number of hydrogen-bond donors (Lipinski definition) is 1. The fourth-order valence-electron chi connectivity index (χ4n) is 2.15. The van der Waals surface area contributed by atoms with Gasteiger partial charge in [-0.2, -0.15) is 4.39 Å². The highest BCUT2D eigenvalue weighted by Crippen LogP contribution is 2.24. The molecule has 0 bridgehead atoms. The molecule has 0 amide bonds. The van der Waals surface area contributed by atoms with E-state index in [9.17, 15) is 24.4 Å². The molecule has 1 N–H and O–H groups in total. The molecular formula is C13H16FN3O4. The van der Waals surface area contributed by atoms with Crippen molar-refractivity contribution in [1.82, 2.24) is 9.13 Å². The highest BCUT2D eigenvalue weighted by Gasteiger charge is 2.21. The summed E-state index contributed by atoms with van der Waals surface area (Å²) in [7, 11) is 1.47. The number of imidazole rings is 1. The maximum Gasteiger partial charge on any atom is 0.328 e. The lowest BCUT2D eigenvalue weighted by atomic mass is 10.1. The van der Waals surface area contributed by atoms with Gasteiger partial charge in [0, 0.05) is 25.7 Å². The van der Waals surface area contributed by atoms with Crippen molar-refractivity contribution in [2.24, 2.45) is 7.05 Å². The first kappa shape index (κ1) is 15.2. The predicted molar refractivity (Wildman–Crippen MR) is 74.7 cm³/mol. The van der Waals surface area contributed by atoms with Crippen LogP contribution in [0.5, 0.6) is 0 Å². The molecule has 0 atom stereocenters. The molecule has 1 aromatic heterocycles. The average Bonchev–Trinajstić information content (AvgIpc) is 2.58. The highest BCUT2D eigenvalue weighted by molar-refractivity contribution is 5.79. The minimum absolute atomic E-state index is 0.183. The number of aromatic nitrogens is 2. The van der Waals surface area contributed by atoms with Crippen LogP contribution in [-0.2, 0) is 13.6 Å². The number of aryl methyl sites for hydroxylation is 2. The molecule has 0 radical (unpaired) electrons. The second kappa shape index (κ2) is 4.96. The Morgan fingerprint density at radius 1 is 1.38 bits per heavy atom. The van der Waals surface area contributed by atoms with Gasteiger partial charge in [-0.15, -0.1) is 0 Å². The first-order chi connectivity index (χ1) is 9.61. The Bertz CT molecular complexity index is 770. The van der Waals surface area contributed by atoms with E-state index in [1.807, 2.05) is 0 Å². The molecule has 8 heteroatoms. The SMILES string of the molecule is Cn1c(=O)n(CCC(C)(C)O)c2cc([N+](=O)[O-])c(F)cc21. The molecule has 2 rings (SSSR count). The number of benzene rings is 1. The Balaban J connectivity index is 2.64. The predicted octanol–water partition coefficient (Wildman–Crippen LogP) is 1.55. The van der Waals surface area contributed by atoms with Gasteiger partial charge in [0.05, 0.1) is 21.6 Å². The van der Waals surface area contributed by atoms with E-state index in [2.05, 4.69) is 0 Å². The van der Waals surface area contributed by atoms with Crippen LogP contribution in [0.1, 0.15) is 20.3 Å². The summed E-state index contributed by atoms with van der Waals surface area (Å²) in [5.41, 5.74) is -1.51. The van der Waals surface area contributed by atoms with E-state index < -0.39 is 27.7 Å². The van der Waals surface area contributed by atoms with Crippen LogP contribution in [0.3, 0.4) is 0 Å². The van der Waals surface area contributed by atoms with Crippen molar-refractivity contribution in [3.05, 3.63) is 38.5 Å². The molecule has 114 valence electrons. The summed E-state index contributed by atoms with van der Waals surface area (Å²) in [5, 5.41) is 20.6. The van der Waals surface area contributed by atoms with Gasteiger partial charge in [0.2, 0.25) is 5.82 Å². The van der Waals surface area contributed by atoms with Gasteiger partial charge in [-0.05, 0) is 20.3 Å². The second-order valence-corrected chi connectivity index (χ2v) is 5.61. The van der Waals surface area contributed by atoms with E-state index in [0.717, 1.165) is 12.1 Å². The van der Waals surface area contributed by atoms with Crippen molar-refractivity contribution in [1.29, 1.82) is 0 Å². The third-order valence-corrected chi connectivity index (χ3v) is 3.36. The molecule has 2 aromatic rings. The van der Waals surface area contributed by atoms with Crippen molar-refractivity contribution in [2.75, 3.05) is 0 Å². The molecule has 0 saturated carbocycles. The molecule has 0 fully saturated rings. The normalized spacial score (nSPS) is 12.0. The molecule has 0 aliphatic rings. The van der Waals surface area contributed by atoms with Gasteiger partial charge >= 0.3 is 11.4 Å². The topological polar surface area (TPSA) is 90.3 Å². The lowest BCUT2D eigenvalue weighted by Crippen LogP contribution is -2.27. The Morgan fingerprint density at radius 2 is 2.00 bits per heavy atom. The number of hydrogen-bond acceptors (Lipinski definition) is 4. The Morgan fingerprint density at radius 3 is 2.52 bits per heavy atom. The van der Waals surface area contributed by atoms with Crippen molar-refractivity contribution in [3.63, 3.8) is 0 Å². The van der Waals surface area contributed by atoms with Crippen molar-refractivity contribution >= 4 is 16.7 Å². The fourth-order valence-corrected chi connectivity index (χ4v) is 2.15. The third-order valence-electron chi connectivity index (χ3n) is 3.36. The van der Waals surface area contributed by atoms with Crippen LogP contribution in [0.15, 0.2) is 16.9 Å². The van der Waals surface area contributed by atoms with E-state index in [4.69, 9.17) is 0 Å². The zero-order chi connectivity index (χ0) is 15.9. The molecule has 1 heterocycles. The van der Waals surface area contributed by atoms with E-state index >= 15 is 0 Å². The van der Waals surface area contributed by atoms with E-state index in [0.29, 0.717) is 0 Å². The monoisotopic (exact) mass is 297 g/mol. The summed E-state index contributed by atoms with van der Waals surface area (Å²) in [6.45, 7) is 3.39. The van der Waals surface area contributed by atoms with E-state index in [-0.39, 0.29) is 24.0 Å². The summed E-state index contributed by atoms with van der Waals surface area (Å²) < 4.78 is 16.2. The quantitative estimate of drug-likeness (QED) is 0.684. The first-order valence-electron chi connectivity index (χ1n) is 6.37. The van der Waals surface area contributed by atoms with Crippen LogP contribution in [0.2, 0.25) is 0 Å². The number of rotatable bonds is 4. The minimum Gasteiger partial charge on any atom is -0.390 e. The zero-order valence-electron chi connectivity index (χ0n) is 12.0. The van der Waals surface area contributed by atoms with Gasteiger partial charge < -0.3 is 5.11 Å². The van der Waals surface area contributed by atoms with Gasteiger partial charge in [-0.1, -0.05) is 0 Å². The number of nitrogens with zero attached hydrogens (tertiary/aromatic N) is 3. The van der Waals surface area contributed by atoms with Gasteiger partial charge in [-0.3, -0.25) is 19.2 Å². The van der Waals surface area contributed by atoms with Crippen LogP contribution in [-0.4, -0.2) is 24.8 Å². The molecule has 0 aliphatic heterocycles. The van der Waals surface area contributed by atoms with Gasteiger partial charge in [0.25, 0.3) is 0 Å². The molecular weight excluding hydrogens is 281 g/mol. The lowest BCUT2D eigenvalue weighted by molar-refractivity contribution is -0.387. The molecule has 7 nitrogen and oxygen atoms in total. The smallest absolute Gasteiger partial charge is 0.328 e. The summed E-state index contributed by atoms with van der Waals surface area (Å²) >= 11 is 0. The lowest BCUT2D eigenvalue weighted by Gasteiger charge is -2.16. The van der Waals surface area contributed by atoms with Crippen LogP contribution < -0.4 is 5.69 Å². The first-order valence-corrected chi connectivity index (χ1v) is 6.37. The van der Waals surface area contributed by atoms with Crippen LogP contribution in [0.4, 0.5) is 10.1 Å². The number of halogens is 1. The number of nitro groups is 1. The number of fused-ring (bicyclic) bond motifs is 1. The van der Waals surface area contributed by atoms with E-state index in [1.54, 1.807) is 13.8 Å². The highest BCUT2D eigenvalue weighted by atomic mass is 19.1. The largest absolute Gasteiger partial charge is 0.390 e. The Hall–Kier alpha value is -2.22. The average molecular weight is 297 g/mol.